The first-order valence-corrected chi connectivity index (χ1v) is 10.3. The minimum atomic E-state index is -3.53. The highest BCUT2D eigenvalue weighted by Gasteiger charge is 2.21. The van der Waals surface area contributed by atoms with Crippen LogP contribution in [0.4, 0.5) is 17.1 Å². The van der Waals surface area contributed by atoms with Crippen LogP contribution in [0.1, 0.15) is 17.3 Å². The van der Waals surface area contributed by atoms with Crippen molar-refractivity contribution in [2.24, 2.45) is 0 Å². The van der Waals surface area contributed by atoms with Crippen molar-refractivity contribution in [2.75, 3.05) is 16.3 Å². The van der Waals surface area contributed by atoms with Gasteiger partial charge in [-0.3, -0.25) is 19.6 Å². The number of sulfonamides is 1. The van der Waals surface area contributed by atoms with E-state index in [2.05, 4.69) is 10.0 Å². The van der Waals surface area contributed by atoms with Gasteiger partial charge in [0.15, 0.2) is 6.10 Å². The van der Waals surface area contributed by atoms with Gasteiger partial charge < -0.3 is 10.1 Å². The number of nitrogens with one attached hydrogen (secondary N) is 2. The van der Waals surface area contributed by atoms with Crippen molar-refractivity contribution in [3.63, 3.8) is 0 Å². The summed E-state index contributed by atoms with van der Waals surface area (Å²) in [5.74, 6) is -1.62. The van der Waals surface area contributed by atoms with E-state index < -0.39 is 32.9 Å². The lowest BCUT2D eigenvalue weighted by atomic mass is 10.2. The number of nitrogens with zero attached hydrogens (tertiary/aromatic N) is 1. The third kappa shape index (κ3) is 6.43. The molecule has 2 rings (SSSR count). The Hall–Kier alpha value is -3.18. The summed E-state index contributed by atoms with van der Waals surface area (Å²) in [7, 11) is -3.53. The molecule has 0 bridgehead atoms. The molecule has 12 heteroatoms. The first-order chi connectivity index (χ1) is 13.5. The quantitative estimate of drug-likeness (QED) is 0.381. The summed E-state index contributed by atoms with van der Waals surface area (Å²) < 4.78 is 29.9. The largest absolute Gasteiger partial charge is 0.449 e. The van der Waals surface area contributed by atoms with Crippen LogP contribution in [0.25, 0.3) is 0 Å². The highest BCUT2D eigenvalue weighted by atomic mass is 35.5. The molecule has 1 atom stereocenters. The van der Waals surface area contributed by atoms with Gasteiger partial charge in [-0.15, -0.1) is 0 Å². The van der Waals surface area contributed by atoms with Gasteiger partial charge in [-0.25, -0.2) is 13.2 Å². The van der Waals surface area contributed by atoms with Crippen LogP contribution < -0.4 is 10.0 Å². The van der Waals surface area contributed by atoms with Gasteiger partial charge in [0.2, 0.25) is 10.0 Å². The summed E-state index contributed by atoms with van der Waals surface area (Å²) in [4.78, 5) is 34.7. The number of ether oxygens (including phenoxy) is 1. The molecule has 2 aromatic carbocycles. The lowest BCUT2D eigenvalue weighted by molar-refractivity contribution is -0.384. The fourth-order valence-corrected chi connectivity index (χ4v) is 2.88. The zero-order valence-corrected chi connectivity index (χ0v) is 16.8. The third-order valence-electron chi connectivity index (χ3n) is 3.47. The maximum absolute atomic E-state index is 12.3. The summed E-state index contributed by atoms with van der Waals surface area (Å²) in [6.45, 7) is 1.30. The topological polar surface area (TPSA) is 145 Å². The average Bonchev–Trinajstić information content (AvgIpc) is 2.61. The molecular weight excluding hydrogens is 426 g/mol. The van der Waals surface area contributed by atoms with E-state index in [1.807, 2.05) is 0 Å². The Bertz CT molecular complexity index is 1070. The molecule has 154 valence electrons. The highest BCUT2D eigenvalue weighted by molar-refractivity contribution is 7.92. The predicted octanol–water partition coefficient (Wildman–Crippen LogP) is 2.80. The molecule has 2 aromatic rings. The molecule has 0 aliphatic heterocycles. The number of anilines is 2. The number of amides is 1. The van der Waals surface area contributed by atoms with Crippen molar-refractivity contribution in [2.45, 2.75) is 13.0 Å². The maximum atomic E-state index is 12.3. The van der Waals surface area contributed by atoms with E-state index in [0.717, 1.165) is 12.3 Å². The van der Waals surface area contributed by atoms with Gasteiger partial charge in [-0.2, -0.15) is 0 Å². The zero-order valence-electron chi connectivity index (χ0n) is 15.2. The van der Waals surface area contributed by atoms with E-state index in [1.54, 1.807) is 0 Å². The minimum absolute atomic E-state index is 0.00637. The predicted molar refractivity (Wildman–Crippen MR) is 107 cm³/mol. The van der Waals surface area contributed by atoms with Crippen LogP contribution >= 0.6 is 11.6 Å². The molecule has 10 nitrogen and oxygen atoms in total. The molecule has 1 unspecified atom stereocenters. The second-order valence-corrected chi connectivity index (χ2v) is 8.07. The van der Waals surface area contributed by atoms with E-state index in [9.17, 15) is 28.1 Å². The first-order valence-electron chi connectivity index (χ1n) is 8.00. The third-order valence-corrected chi connectivity index (χ3v) is 4.41. The number of esters is 1. The molecule has 29 heavy (non-hydrogen) atoms. The van der Waals surface area contributed by atoms with Crippen LogP contribution in [0.5, 0.6) is 0 Å². The summed E-state index contributed by atoms with van der Waals surface area (Å²) in [6.07, 6.45) is -0.298. The van der Waals surface area contributed by atoms with Crippen LogP contribution in [0, 0.1) is 10.1 Å². The second-order valence-electron chi connectivity index (χ2n) is 5.91. The number of non-ortho nitro benzene ring substituents is 1. The van der Waals surface area contributed by atoms with E-state index in [1.165, 1.54) is 43.3 Å². The number of benzene rings is 2. The van der Waals surface area contributed by atoms with Crippen molar-refractivity contribution in [1.82, 2.24) is 0 Å². The summed E-state index contributed by atoms with van der Waals surface area (Å²) in [6, 6.07) is 9.04. The summed E-state index contributed by atoms with van der Waals surface area (Å²) in [5.41, 5.74) is -0.105. The van der Waals surface area contributed by atoms with Gasteiger partial charge in [-0.1, -0.05) is 17.7 Å². The van der Waals surface area contributed by atoms with E-state index in [0.29, 0.717) is 0 Å². The molecule has 0 aromatic heterocycles. The first kappa shape index (κ1) is 22.1. The number of nitro groups is 1. The standard InChI is InChI=1S/C17H16ClN3O7S/c1-10(16(22)19-15-9-13(21(24)25)6-7-14(15)18)28-17(23)11-4-3-5-12(8-11)20-29(2,26)27/h3-10,20H,1-2H3,(H,19,22). The monoisotopic (exact) mass is 441 g/mol. The van der Waals surface area contributed by atoms with E-state index in [4.69, 9.17) is 16.3 Å². The van der Waals surface area contributed by atoms with E-state index >= 15 is 0 Å². The molecule has 1 amide bonds. The van der Waals surface area contributed by atoms with Crippen molar-refractivity contribution in [3.05, 3.63) is 63.2 Å². The Labute approximate surface area is 171 Å². The molecule has 0 radical (unpaired) electrons. The zero-order chi connectivity index (χ0) is 21.8. The Morgan fingerprint density at radius 3 is 2.52 bits per heavy atom. The van der Waals surface area contributed by atoms with Gasteiger partial charge in [0.05, 0.1) is 27.5 Å². The summed E-state index contributed by atoms with van der Waals surface area (Å²) in [5, 5.41) is 13.3. The van der Waals surface area contributed by atoms with Crippen LogP contribution in [0.2, 0.25) is 5.02 Å². The summed E-state index contributed by atoms with van der Waals surface area (Å²) >= 11 is 5.92. The number of nitro benzene ring substituents is 1. The molecule has 0 aliphatic rings. The fourth-order valence-electron chi connectivity index (χ4n) is 2.16. The molecule has 2 N–H and O–H groups in total. The number of hydrogen-bond acceptors (Lipinski definition) is 7. The Kier molecular flexibility index (Phi) is 6.77. The average molecular weight is 442 g/mol. The number of carbonyl (C=O) groups excluding carboxylic acids is 2. The van der Waals surface area contributed by atoms with Crippen LogP contribution in [-0.2, 0) is 19.6 Å². The van der Waals surface area contributed by atoms with Crippen molar-refractivity contribution in [3.8, 4) is 0 Å². The molecule has 0 saturated heterocycles. The smallest absolute Gasteiger partial charge is 0.338 e. The number of rotatable bonds is 7. The minimum Gasteiger partial charge on any atom is -0.449 e. The highest BCUT2D eigenvalue weighted by Crippen LogP contribution is 2.27. The van der Waals surface area contributed by atoms with Gasteiger partial charge in [0, 0.05) is 17.8 Å². The Morgan fingerprint density at radius 2 is 1.90 bits per heavy atom. The Morgan fingerprint density at radius 1 is 1.21 bits per heavy atom. The van der Waals surface area contributed by atoms with Crippen molar-refractivity contribution >= 4 is 50.6 Å². The lowest BCUT2D eigenvalue weighted by Gasteiger charge is -2.14. The molecule has 0 heterocycles. The Balaban J connectivity index is 2.08. The fraction of sp³-hybridized carbons (Fsp3) is 0.176. The second kappa shape index (κ2) is 8.88. The molecule has 0 fully saturated rings. The molecule has 0 aliphatic carbocycles. The van der Waals surface area contributed by atoms with Gasteiger partial charge in [0.25, 0.3) is 11.6 Å². The SMILES string of the molecule is CC(OC(=O)c1cccc(NS(C)(=O)=O)c1)C(=O)Nc1cc([N+](=O)[O-])ccc1Cl. The lowest BCUT2D eigenvalue weighted by Crippen LogP contribution is -2.30. The van der Waals surface area contributed by atoms with Crippen molar-refractivity contribution in [1.29, 1.82) is 0 Å². The normalized spacial score (nSPS) is 12.0. The van der Waals surface area contributed by atoms with Crippen LogP contribution in [0.15, 0.2) is 42.5 Å². The van der Waals surface area contributed by atoms with Gasteiger partial charge in [-0.05, 0) is 31.2 Å². The molecule has 0 saturated carbocycles. The molecular formula is C17H16ClN3O7S. The van der Waals surface area contributed by atoms with Gasteiger partial charge in [0.1, 0.15) is 0 Å². The van der Waals surface area contributed by atoms with E-state index in [-0.39, 0.29) is 27.6 Å². The van der Waals surface area contributed by atoms with Crippen LogP contribution in [-0.4, -0.2) is 37.6 Å². The number of carbonyl (C=O) groups is 2. The van der Waals surface area contributed by atoms with Crippen molar-refractivity contribution < 1.29 is 27.7 Å². The molecule has 0 spiro atoms. The number of halogens is 1. The van der Waals surface area contributed by atoms with Crippen LogP contribution in [0.3, 0.4) is 0 Å². The maximum Gasteiger partial charge on any atom is 0.338 e. The number of hydrogen-bond donors (Lipinski definition) is 2. The van der Waals surface area contributed by atoms with Gasteiger partial charge >= 0.3 is 5.97 Å².